The topological polar surface area (TPSA) is 70.0 Å². The van der Waals surface area contributed by atoms with Crippen molar-refractivity contribution in [3.63, 3.8) is 0 Å². The number of aliphatic hydroxyl groups is 1. The van der Waals surface area contributed by atoms with Crippen LogP contribution in [0.5, 0.6) is 0 Å². The second-order valence-electron chi connectivity index (χ2n) is 6.53. The Balaban J connectivity index is 0.00000218. The fourth-order valence-corrected chi connectivity index (χ4v) is 3.23. The average Bonchev–Trinajstić information content (AvgIpc) is 2.74. The van der Waals surface area contributed by atoms with Crippen LogP contribution in [0.15, 0.2) is 53.5 Å². The molecule has 2 aromatic carbocycles. The first-order valence-corrected chi connectivity index (χ1v) is 11.0. The number of benzene rings is 2. The minimum Gasteiger partial charge on any atom is -0.383 e. The standard InChI is InChI=1S/C22H26N2O3S.C2H2/c1-17(25)22(26)16-24(11-12-28(3)27)21-10-6-7-18(14-21)13-19-8-4-5-9-20(19)15-23-2;1-2/h4-10,13-15,22,26H,2,11-12,16H2,1,3H3;1-2H/b19-13+,20-15-;. The number of hydrogen-bond acceptors (Lipinski definition) is 5. The van der Waals surface area contributed by atoms with E-state index in [1.807, 2.05) is 59.5 Å². The number of Topliss-reactive ketones (excluding diaryl/α,β-unsaturated/α-hetero) is 1. The van der Waals surface area contributed by atoms with E-state index in [4.69, 9.17) is 0 Å². The van der Waals surface area contributed by atoms with Gasteiger partial charge in [0.25, 0.3) is 0 Å². The highest BCUT2D eigenvalue weighted by Crippen LogP contribution is 2.17. The van der Waals surface area contributed by atoms with Gasteiger partial charge in [0.2, 0.25) is 0 Å². The van der Waals surface area contributed by atoms with Crippen LogP contribution in [0.1, 0.15) is 12.5 Å². The Morgan fingerprint density at radius 3 is 2.50 bits per heavy atom. The van der Waals surface area contributed by atoms with Crippen LogP contribution in [0.3, 0.4) is 0 Å². The Bertz CT molecular complexity index is 1010. The number of rotatable bonds is 9. The third kappa shape index (κ3) is 8.16. The number of carbonyl (C=O) groups is 1. The summed E-state index contributed by atoms with van der Waals surface area (Å²) in [5, 5.41) is 12.0. The van der Waals surface area contributed by atoms with Crippen molar-refractivity contribution in [2.24, 2.45) is 4.99 Å². The van der Waals surface area contributed by atoms with E-state index in [1.165, 1.54) is 6.92 Å². The van der Waals surface area contributed by atoms with Crippen LogP contribution in [0.2, 0.25) is 0 Å². The smallest absolute Gasteiger partial charge is 0.160 e. The number of aliphatic imine (C=N–C) groups is 1. The lowest BCUT2D eigenvalue weighted by Gasteiger charge is -2.26. The predicted octanol–water partition coefficient (Wildman–Crippen LogP) is 1.34. The average molecular weight is 425 g/mol. The third-order valence-corrected chi connectivity index (χ3v) is 5.05. The van der Waals surface area contributed by atoms with Gasteiger partial charge in [-0.05, 0) is 47.9 Å². The number of anilines is 1. The number of ketones is 1. The normalized spacial score (nSPS) is 13.6. The molecule has 0 aliphatic rings. The highest BCUT2D eigenvalue weighted by molar-refractivity contribution is 7.84. The van der Waals surface area contributed by atoms with Gasteiger partial charge in [-0.3, -0.25) is 14.0 Å². The quantitative estimate of drug-likeness (QED) is 0.487. The van der Waals surface area contributed by atoms with E-state index >= 15 is 0 Å². The lowest BCUT2D eigenvalue weighted by Crippen LogP contribution is -2.38. The molecule has 0 aliphatic heterocycles. The molecule has 0 spiro atoms. The molecule has 2 atom stereocenters. The first-order chi connectivity index (χ1) is 14.4. The largest absolute Gasteiger partial charge is 0.383 e. The molecule has 0 amide bonds. The molecular formula is C24H28N2O3S. The van der Waals surface area contributed by atoms with Gasteiger partial charge >= 0.3 is 0 Å². The molecule has 0 fully saturated rings. The first-order valence-electron chi connectivity index (χ1n) is 9.30. The van der Waals surface area contributed by atoms with Gasteiger partial charge in [-0.2, -0.15) is 0 Å². The zero-order chi connectivity index (χ0) is 22.5. The Kier molecular flexibility index (Phi) is 11.1. The van der Waals surface area contributed by atoms with Gasteiger partial charge in [-0.1, -0.05) is 36.4 Å². The van der Waals surface area contributed by atoms with Gasteiger partial charge in [0.1, 0.15) is 6.10 Å². The van der Waals surface area contributed by atoms with Crippen LogP contribution < -0.4 is 15.3 Å². The van der Waals surface area contributed by atoms with E-state index in [2.05, 4.69) is 24.6 Å². The third-order valence-electron chi connectivity index (χ3n) is 4.30. The van der Waals surface area contributed by atoms with Gasteiger partial charge in [-0.15, -0.1) is 12.8 Å². The Hall–Kier alpha value is -3.01. The maximum atomic E-state index is 11.5. The van der Waals surface area contributed by atoms with Crippen molar-refractivity contribution in [3.05, 3.63) is 64.5 Å². The first kappa shape index (κ1) is 25.0. The van der Waals surface area contributed by atoms with Crippen LogP contribution >= 0.6 is 0 Å². The molecule has 0 saturated heterocycles. The van der Waals surface area contributed by atoms with E-state index in [1.54, 1.807) is 12.5 Å². The lowest BCUT2D eigenvalue weighted by molar-refractivity contribution is -0.124. The molecule has 6 heteroatoms. The van der Waals surface area contributed by atoms with E-state index in [9.17, 15) is 14.1 Å². The van der Waals surface area contributed by atoms with Gasteiger partial charge < -0.3 is 10.0 Å². The SMILES string of the molecule is C#C.C=N/C=c1/cccc/c1=C\c1cccc(N(CCS(C)=O)CC(O)C(C)=O)c1. The second-order valence-corrected chi connectivity index (χ2v) is 8.08. The molecule has 30 heavy (non-hydrogen) atoms. The molecule has 2 unspecified atom stereocenters. The number of hydrogen-bond donors (Lipinski definition) is 1. The Morgan fingerprint density at radius 2 is 1.90 bits per heavy atom. The molecular weight excluding hydrogens is 396 g/mol. The van der Waals surface area contributed by atoms with Crippen molar-refractivity contribution in [3.8, 4) is 12.8 Å². The van der Waals surface area contributed by atoms with Crippen molar-refractivity contribution in [1.29, 1.82) is 0 Å². The minimum absolute atomic E-state index is 0.167. The second kappa shape index (κ2) is 13.3. The number of aliphatic hydroxyl groups excluding tert-OH is 1. The van der Waals surface area contributed by atoms with Crippen molar-refractivity contribution in [1.82, 2.24) is 0 Å². The molecule has 2 aromatic rings. The summed E-state index contributed by atoms with van der Waals surface area (Å²) in [6.45, 7) is 5.54. The van der Waals surface area contributed by atoms with E-state index in [-0.39, 0.29) is 12.3 Å². The molecule has 0 bridgehead atoms. The highest BCUT2D eigenvalue weighted by atomic mass is 32.2. The molecule has 0 radical (unpaired) electrons. The van der Waals surface area contributed by atoms with Crippen molar-refractivity contribution in [2.45, 2.75) is 13.0 Å². The van der Waals surface area contributed by atoms with Gasteiger partial charge in [-0.25, -0.2) is 0 Å². The Labute approximate surface area is 180 Å². The van der Waals surface area contributed by atoms with E-state index in [0.29, 0.717) is 12.3 Å². The fourth-order valence-electron chi connectivity index (χ4n) is 2.75. The predicted molar refractivity (Wildman–Crippen MR) is 127 cm³/mol. The molecule has 0 aromatic heterocycles. The number of nitrogens with zero attached hydrogens (tertiary/aromatic N) is 2. The summed E-state index contributed by atoms with van der Waals surface area (Å²) >= 11 is 0. The molecule has 2 rings (SSSR count). The summed E-state index contributed by atoms with van der Waals surface area (Å²) < 4.78 is 11.5. The summed E-state index contributed by atoms with van der Waals surface area (Å²) in [6, 6.07) is 15.7. The van der Waals surface area contributed by atoms with Crippen LogP contribution in [-0.4, -0.2) is 53.0 Å². The highest BCUT2D eigenvalue weighted by Gasteiger charge is 2.16. The summed E-state index contributed by atoms with van der Waals surface area (Å²) in [5.74, 6) is 0.174. The van der Waals surface area contributed by atoms with E-state index in [0.717, 1.165) is 21.7 Å². The zero-order valence-corrected chi connectivity index (χ0v) is 18.2. The zero-order valence-electron chi connectivity index (χ0n) is 17.4. The minimum atomic E-state index is -1.08. The molecule has 1 N–H and O–H groups in total. The summed E-state index contributed by atoms with van der Waals surface area (Å²) in [6.07, 6.45) is 12.3. The Morgan fingerprint density at radius 1 is 1.23 bits per heavy atom. The summed E-state index contributed by atoms with van der Waals surface area (Å²) in [7, 11) is -0.964. The molecule has 0 aliphatic carbocycles. The summed E-state index contributed by atoms with van der Waals surface area (Å²) in [4.78, 5) is 17.2. The molecule has 5 nitrogen and oxygen atoms in total. The molecule has 0 saturated carbocycles. The van der Waals surface area contributed by atoms with Gasteiger partial charge in [0.05, 0.1) is 6.54 Å². The van der Waals surface area contributed by atoms with Gasteiger partial charge in [0.15, 0.2) is 5.78 Å². The fraction of sp³-hybridized carbons (Fsp3) is 0.250. The maximum Gasteiger partial charge on any atom is 0.160 e. The monoisotopic (exact) mass is 424 g/mol. The lowest BCUT2D eigenvalue weighted by atomic mass is 10.1. The van der Waals surface area contributed by atoms with Crippen molar-refractivity contribution in [2.75, 3.05) is 30.0 Å². The summed E-state index contributed by atoms with van der Waals surface area (Å²) in [5.41, 5.74) is 1.84. The van der Waals surface area contributed by atoms with Gasteiger partial charge in [0, 0.05) is 41.2 Å². The van der Waals surface area contributed by atoms with Crippen LogP contribution in [0, 0.1) is 12.8 Å². The van der Waals surface area contributed by atoms with Crippen LogP contribution in [0.4, 0.5) is 5.69 Å². The van der Waals surface area contributed by atoms with Crippen LogP contribution in [-0.2, 0) is 15.6 Å². The van der Waals surface area contributed by atoms with Crippen molar-refractivity contribution < 1.29 is 14.1 Å². The maximum absolute atomic E-state index is 11.5. The van der Waals surface area contributed by atoms with Crippen LogP contribution in [0.25, 0.3) is 12.3 Å². The number of terminal acetylenes is 1. The van der Waals surface area contributed by atoms with Crippen molar-refractivity contribution >= 4 is 41.3 Å². The number of carbonyl (C=O) groups excluding carboxylic acids is 1. The molecule has 158 valence electrons. The molecule has 0 heterocycles. The van der Waals surface area contributed by atoms with E-state index < -0.39 is 16.9 Å².